The molecule has 1 aromatic carbocycles. The van der Waals surface area contributed by atoms with Gasteiger partial charge in [-0.25, -0.2) is 8.78 Å². The lowest BCUT2D eigenvalue weighted by Gasteiger charge is -2.09. The van der Waals surface area contributed by atoms with E-state index in [1.165, 1.54) is 18.2 Å². The monoisotopic (exact) mass is 216 g/mol. The molecule has 0 atom stereocenters. The Morgan fingerprint density at radius 3 is 2.79 bits per heavy atom. The summed E-state index contributed by atoms with van der Waals surface area (Å²) in [5, 5.41) is 2.76. The van der Waals surface area contributed by atoms with Crippen LogP contribution in [0.15, 0.2) is 18.2 Å². The molecular formula is C9H10F2N2S. The van der Waals surface area contributed by atoms with Crippen LogP contribution in [-0.2, 0) is 0 Å². The van der Waals surface area contributed by atoms with Gasteiger partial charge in [0.1, 0.15) is 17.5 Å². The maximum atomic E-state index is 12.8. The van der Waals surface area contributed by atoms with Crippen LogP contribution in [-0.4, -0.2) is 18.2 Å². The van der Waals surface area contributed by atoms with Crippen molar-refractivity contribution in [3.63, 3.8) is 0 Å². The van der Waals surface area contributed by atoms with Crippen molar-refractivity contribution in [1.82, 2.24) is 0 Å². The molecule has 0 fully saturated rings. The van der Waals surface area contributed by atoms with E-state index in [9.17, 15) is 8.78 Å². The number of nitrogens with one attached hydrogen (secondary N) is 1. The molecule has 2 nitrogen and oxygen atoms in total. The number of hydrogen-bond donors (Lipinski definition) is 2. The molecule has 0 unspecified atom stereocenters. The van der Waals surface area contributed by atoms with E-state index in [1.807, 2.05) is 0 Å². The predicted octanol–water partition coefficient (Wildman–Crippen LogP) is 1.84. The molecule has 0 heterocycles. The van der Waals surface area contributed by atoms with Gasteiger partial charge in [0.2, 0.25) is 0 Å². The normalized spacial score (nSPS) is 9.86. The van der Waals surface area contributed by atoms with E-state index in [2.05, 4.69) is 5.32 Å². The summed E-state index contributed by atoms with van der Waals surface area (Å²) in [6.07, 6.45) is 0. The second-order valence-corrected chi connectivity index (χ2v) is 3.11. The van der Waals surface area contributed by atoms with Crippen LogP contribution in [0.1, 0.15) is 5.56 Å². The van der Waals surface area contributed by atoms with Crippen LogP contribution in [0, 0.1) is 5.82 Å². The van der Waals surface area contributed by atoms with Gasteiger partial charge in [-0.05, 0) is 18.2 Å². The zero-order valence-electron chi connectivity index (χ0n) is 7.39. The first-order chi connectivity index (χ1) is 6.65. The Hall–Kier alpha value is -1.23. The first-order valence-corrected chi connectivity index (χ1v) is 4.45. The quantitative estimate of drug-likeness (QED) is 0.754. The Balaban J connectivity index is 2.96. The second kappa shape index (κ2) is 4.85. The number of hydrogen-bond acceptors (Lipinski definition) is 2. The first-order valence-electron chi connectivity index (χ1n) is 4.04. The summed E-state index contributed by atoms with van der Waals surface area (Å²) >= 11 is 4.74. The van der Waals surface area contributed by atoms with Crippen LogP contribution >= 0.6 is 12.2 Å². The van der Waals surface area contributed by atoms with E-state index >= 15 is 0 Å². The van der Waals surface area contributed by atoms with Crippen molar-refractivity contribution < 1.29 is 8.78 Å². The molecular weight excluding hydrogens is 206 g/mol. The fourth-order valence-electron chi connectivity index (χ4n) is 1.06. The molecule has 0 amide bonds. The van der Waals surface area contributed by atoms with Gasteiger partial charge in [-0.3, -0.25) is 0 Å². The second-order valence-electron chi connectivity index (χ2n) is 2.67. The van der Waals surface area contributed by atoms with Crippen molar-refractivity contribution in [2.75, 3.05) is 18.5 Å². The third kappa shape index (κ3) is 2.63. The minimum Gasteiger partial charge on any atom is -0.389 e. The van der Waals surface area contributed by atoms with Crippen molar-refractivity contribution in [3.05, 3.63) is 29.6 Å². The number of thiocarbonyl (C=S) groups is 1. The predicted molar refractivity (Wildman–Crippen MR) is 56.8 cm³/mol. The highest BCUT2D eigenvalue weighted by molar-refractivity contribution is 7.80. The van der Waals surface area contributed by atoms with Gasteiger partial charge in [-0.1, -0.05) is 12.2 Å². The lowest BCUT2D eigenvalue weighted by molar-refractivity contribution is 0.512. The number of benzene rings is 1. The van der Waals surface area contributed by atoms with Crippen LogP contribution in [0.3, 0.4) is 0 Å². The third-order valence-electron chi connectivity index (χ3n) is 1.66. The van der Waals surface area contributed by atoms with Gasteiger partial charge in [-0.15, -0.1) is 0 Å². The van der Waals surface area contributed by atoms with Gasteiger partial charge in [0.05, 0.1) is 0 Å². The summed E-state index contributed by atoms with van der Waals surface area (Å²) in [5.41, 5.74) is 6.34. The third-order valence-corrected chi connectivity index (χ3v) is 1.88. The molecule has 0 aromatic heterocycles. The molecule has 3 N–H and O–H groups in total. The largest absolute Gasteiger partial charge is 0.389 e. The zero-order chi connectivity index (χ0) is 10.6. The smallest absolute Gasteiger partial charge is 0.124 e. The van der Waals surface area contributed by atoms with Crippen LogP contribution in [0.4, 0.5) is 14.5 Å². The summed E-state index contributed by atoms with van der Waals surface area (Å²) < 4.78 is 24.7. The van der Waals surface area contributed by atoms with E-state index in [1.54, 1.807) is 0 Å². The topological polar surface area (TPSA) is 38.0 Å². The van der Waals surface area contributed by atoms with Crippen molar-refractivity contribution in [2.45, 2.75) is 0 Å². The molecule has 5 heteroatoms. The summed E-state index contributed by atoms with van der Waals surface area (Å²) in [4.78, 5) is 0.0888. The number of alkyl halides is 1. The number of halogens is 2. The maximum absolute atomic E-state index is 12.8. The summed E-state index contributed by atoms with van der Waals surface area (Å²) in [7, 11) is 0. The Morgan fingerprint density at radius 2 is 2.21 bits per heavy atom. The van der Waals surface area contributed by atoms with Crippen LogP contribution in [0.5, 0.6) is 0 Å². The molecule has 76 valence electrons. The number of anilines is 1. The fraction of sp³-hybridized carbons (Fsp3) is 0.222. The van der Waals surface area contributed by atoms with Gasteiger partial charge in [0, 0.05) is 17.8 Å². The van der Waals surface area contributed by atoms with Crippen molar-refractivity contribution in [1.29, 1.82) is 0 Å². The van der Waals surface area contributed by atoms with Crippen LogP contribution < -0.4 is 11.1 Å². The summed E-state index contributed by atoms with van der Waals surface area (Å²) in [6, 6.07) is 3.98. The number of rotatable bonds is 4. The SMILES string of the molecule is NC(=S)c1cc(F)ccc1NCCF. The Bertz CT molecular complexity index is 342. The van der Waals surface area contributed by atoms with Gasteiger partial charge in [-0.2, -0.15) is 0 Å². The highest BCUT2D eigenvalue weighted by atomic mass is 32.1. The van der Waals surface area contributed by atoms with Crippen LogP contribution in [0.2, 0.25) is 0 Å². The lowest BCUT2D eigenvalue weighted by atomic mass is 10.1. The number of nitrogens with two attached hydrogens (primary N) is 1. The van der Waals surface area contributed by atoms with Gasteiger partial charge < -0.3 is 11.1 Å². The highest BCUT2D eigenvalue weighted by Gasteiger charge is 2.05. The van der Waals surface area contributed by atoms with Crippen molar-refractivity contribution in [3.8, 4) is 0 Å². The van der Waals surface area contributed by atoms with Crippen LogP contribution in [0.25, 0.3) is 0 Å². The van der Waals surface area contributed by atoms with Crippen molar-refractivity contribution in [2.24, 2.45) is 5.73 Å². The van der Waals surface area contributed by atoms with E-state index in [0.717, 1.165) is 0 Å². The Labute approximate surface area is 86.1 Å². The molecule has 0 aliphatic rings. The Morgan fingerprint density at radius 1 is 1.50 bits per heavy atom. The Kier molecular flexibility index (Phi) is 3.76. The van der Waals surface area contributed by atoms with E-state index in [0.29, 0.717) is 11.3 Å². The molecule has 14 heavy (non-hydrogen) atoms. The fourth-order valence-corrected chi connectivity index (χ4v) is 1.23. The maximum Gasteiger partial charge on any atom is 0.124 e. The molecule has 1 aromatic rings. The highest BCUT2D eigenvalue weighted by Crippen LogP contribution is 2.16. The molecule has 0 aliphatic carbocycles. The molecule has 0 bridgehead atoms. The van der Waals surface area contributed by atoms with E-state index in [-0.39, 0.29) is 11.5 Å². The van der Waals surface area contributed by atoms with Crippen molar-refractivity contribution >= 4 is 22.9 Å². The average molecular weight is 216 g/mol. The average Bonchev–Trinajstić information content (AvgIpc) is 2.15. The van der Waals surface area contributed by atoms with E-state index < -0.39 is 12.5 Å². The van der Waals surface area contributed by atoms with Gasteiger partial charge >= 0.3 is 0 Å². The molecule has 0 saturated carbocycles. The minimum atomic E-state index is -0.506. The molecule has 0 spiro atoms. The first kappa shape index (κ1) is 10.8. The van der Waals surface area contributed by atoms with Gasteiger partial charge in [0.15, 0.2) is 0 Å². The summed E-state index contributed by atoms with van der Waals surface area (Å²) in [5.74, 6) is -0.418. The standard InChI is InChI=1S/C9H10F2N2S/c10-3-4-13-8-2-1-6(11)5-7(8)9(12)14/h1-2,5,13H,3-4H2,(H2,12,14). The molecule has 1 rings (SSSR count). The zero-order valence-corrected chi connectivity index (χ0v) is 8.20. The molecule has 0 aliphatic heterocycles. The molecule has 0 radical (unpaired) electrons. The van der Waals surface area contributed by atoms with E-state index in [4.69, 9.17) is 18.0 Å². The summed E-state index contributed by atoms with van der Waals surface area (Å²) in [6.45, 7) is -0.352. The lowest BCUT2D eigenvalue weighted by Crippen LogP contribution is -2.14. The molecule has 0 saturated heterocycles. The minimum absolute atomic E-state index is 0.0888. The van der Waals surface area contributed by atoms with Gasteiger partial charge in [0.25, 0.3) is 0 Å².